The molecular formula is C18H24N4O4S. The van der Waals surface area contributed by atoms with Gasteiger partial charge in [0.1, 0.15) is 6.07 Å². The fraction of sp³-hybridized carbons (Fsp3) is 0.500. The molecule has 0 spiro atoms. The van der Waals surface area contributed by atoms with Gasteiger partial charge in [-0.3, -0.25) is 9.59 Å². The van der Waals surface area contributed by atoms with Crippen LogP contribution in [0.15, 0.2) is 29.2 Å². The van der Waals surface area contributed by atoms with Crippen molar-refractivity contribution in [1.82, 2.24) is 14.9 Å². The van der Waals surface area contributed by atoms with Crippen molar-refractivity contribution in [2.24, 2.45) is 5.92 Å². The molecule has 0 atom stereocenters. The monoisotopic (exact) mass is 392 g/mol. The van der Waals surface area contributed by atoms with E-state index < -0.39 is 10.0 Å². The van der Waals surface area contributed by atoms with Gasteiger partial charge in [0.05, 0.1) is 17.0 Å². The Balaban J connectivity index is 1.94. The normalized spacial score (nSPS) is 15.9. The van der Waals surface area contributed by atoms with E-state index in [4.69, 9.17) is 5.26 Å². The number of nitriles is 1. The van der Waals surface area contributed by atoms with E-state index in [0.29, 0.717) is 12.8 Å². The Hall–Kier alpha value is -2.44. The maximum atomic E-state index is 12.8. The molecule has 9 heteroatoms. The zero-order chi connectivity index (χ0) is 20.0. The molecule has 0 unspecified atom stereocenters. The maximum Gasteiger partial charge on any atom is 0.244 e. The summed E-state index contributed by atoms with van der Waals surface area (Å²) in [6, 6.07) is 7.98. The number of hydrogen-bond donors (Lipinski definition) is 2. The third-order valence-electron chi connectivity index (χ3n) is 4.32. The molecule has 0 saturated carbocycles. The van der Waals surface area contributed by atoms with Crippen LogP contribution in [0.3, 0.4) is 0 Å². The Morgan fingerprint density at radius 1 is 1.26 bits per heavy atom. The number of sulfonamides is 1. The third-order valence-corrected chi connectivity index (χ3v) is 6.28. The number of hydrogen-bond acceptors (Lipinski definition) is 5. The number of amides is 2. The predicted octanol–water partition coefficient (Wildman–Crippen LogP) is 0.600. The lowest BCUT2D eigenvalue weighted by atomic mass is 9.97. The van der Waals surface area contributed by atoms with Crippen LogP contribution >= 0.6 is 0 Å². The number of piperidine rings is 1. The number of carbonyl (C=O) groups is 2. The van der Waals surface area contributed by atoms with Crippen molar-refractivity contribution < 1.29 is 18.0 Å². The standard InChI is InChI=1S/C18H24N4O4S/c1-13(2)21-17(23)12-20-18(24)14-7-9-22(10-8-14)27(25,26)16-6-4-3-5-15(16)11-19/h3-6,13-14H,7-10,12H2,1-2H3,(H,20,24)(H,21,23). The molecule has 146 valence electrons. The van der Waals surface area contributed by atoms with Crippen molar-refractivity contribution in [2.45, 2.75) is 37.6 Å². The maximum absolute atomic E-state index is 12.8. The molecule has 1 aromatic carbocycles. The van der Waals surface area contributed by atoms with E-state index in [1.165, 1.54) is 16.4 Å². The zero-order valence-electron chi connectivity index (χ0n) is 15.4. The van der Waals surface area contributed by atoms with Crippen LogP contribution < -0.4 is 10.6 Å². The van der Waals surface area contributed by atoms with Gasteiger partial charge in [-0.15, -0.1) is 0 Å². The van der Waals surface area contributed by atoms with E-state index >= 15 is 0 Å². The second kappa shape index (κ2) is 8.97. The van der Waals surface area contributed by atoms with Crippen LogP contribution in [0.5, 0.6) is 0 Å². The van der Waals surface area contributed by atoms with Crippen LogP contribution in [0.2, 0.25) is 0 Å². The molecule has 2 N–H and O–H groups in total. The zero-order valence-corrected chi connectivity index (χ0v) is 16.3. The van der Waals surface area contributed by atoms with Crippen LogP contribution in [-0.4, -0.2) is 50.2 Å². The number of nitrogens with zero attached hydrogens (tertiary/aromatic N) is 2. The van der Waals surface area contributed by atoms with Crippen molar-refractivity contribution in [1.29, 1.82) is 5.26 Å². The molecule has 0 aromatic heterocycles. The minimum atomic E-state index is -3.78. The Labute approximate surface area is 159 Å². The summed E-state index contributed by atoms with van der Waals surface area (Å²) in [5.74, 6) is -0.843. The summed E-state index contributed by atoms with van der Waals surface area (Å²) in [6.07, 6.45) is 0.733. The summed E-state index contributed by atoms with van der Waals surface area (Å²) in [5, 5.41) is 14.4. The summed E-state index contributed by atoms with van der Waals surface area (Å²) >= 11 is 0. The van der Waals surface area contributed by atoms with Crippen LogP contribution in [0.4, 0.5) is 0 Å². The average Bonchev–Trinajstić information content (AvgIpc) is 2.65. The van der Waals surface area contributed by atoms with Gasteiger partial charge in [0.25, 0.3) is 0 Å². The first kappa shape index (κ1) is 20.9. The molecule has 0 aliphatic carbocycles. The largest absolute Gasteiger partial charge is 0.352 e. The van der Waals surface area contributed by atoms with Gasteiger partial charge in [0.2, 0.25) is 21.8 Å². The van der Waals surface area contributed by atoms with E-state index in [-0.39, 0.29) is 53.9 Å². The summed E-state index contributed by atoms with van der Waals surface area (Å²) in [6.45, 7) is 3.96. The highest BCUT2D eigenvalue weighted by Gasteiger charge is 2.33. The van der Waals surface area contributed by atoms with Gasteiger partial charge in [-0.25, -0.2) is 8.42 Å². The molecule has 1 saturated heterocycles. The molecule has 1 aliphatic heterocycles. The second-order valence-electron chi connectivity index (χ2n) is 6.73. The molecule has 1 aromatic rings. The van der Waals surface area contributed by atoms with Gasteiger partial charge in [-0.2, -0.15) is 9.57 Å². The number of nitrogens with one attached hydrogen (secondary N) is 2. The van der Waals surface area contributed by atoms with Crippen LogP contribution in [-0.2, 0) is 19.6 Å². The molecule has 0 radical (unpaired) electrons. The highest BCUT2D eigenvalue weighted by molar-refractivity contribution is 7.89. The Kier molecular flexibility index (Phi) is 6.93. The first-order valence-electron chi connectivity index (χ1n) is 8.82. The smallest absolute Gasteiger partial charge is 0.244 e. The highest BCUT2D eigenvalue weighted by Crippen LogP contribution is 2.25. The van der Waals surface area contributed by atoms with Crippen molar-refractivity contribution in [2.75, 3.05) is 19.6 Å². The summed E-state index contributed by atoms with van der Waals surface area (Å²) in [4.78, 5) is 23.8. The van der Waals surface area contributed by atoms with Gasteiger partial charge >= 0.3 is 0 Å². The Morgan fingerprint density at radius 3 is 2.48 bits per heavy atom. The SMILES string of the molecule is CC(C)NC(=O)CNC(=O)C1CCN(S(=O)(=O)c2ccccc2C#N)CC1. The number of rotatable bonds is 6. The fourth-order valence-electron chi connectivity index (χ4n) is 2.97. The van der Waals surface area contributed by atoms with Gasteiger partial charge in [0, 0.05) is 25.0 Å². The fourth-order valence-corrected chi connectivity index (χ4v) is 4.58. The average molecular weight is 392 g/mol. The van der Waals surface area contributed by atoms with E-state index in [1.807, 2.05) is 19.9 Å². The minimum absolute atomic E-state index is 0.000800. The van der Waals surface area contributed by atoms with E-state index in [9.17, 15) is 18.0 Å². The third kappa shape index (κ3) is 5.28. The molecule has 1 fully saturated rings. The molecule has 2 amide bonds. The van der Waals surface area contributed by atoms with Gasteiger partial charge in [-0.05, 0) is 38.8 Å². The van der Waals surface area contributed by atoms with E-state index in [2.05, 4.69) is 10.6 Å². The predicted molar refractivity (Wildman–Crippen MR) is 98.9 cm³/mol. The lowest BCUT2D eigenvalue weighted by molar-refractivity contribution is -0.129. The number of benzene rings is 1. The van der Waals surface area contributed by atoms with Crippen LogP contribution in [0, 0.1) is 17.2 Å². The number of carbonyl (C=O) groups excluding carboxylic acids is 2. The van der Waals surface area contributed by atoms with Crippen molar-refractivity contribution in [3.8, 4) is 6.07 Å². The summed E-state index contributed by atoms with van der Waals surface area (Å²) < 4.78 is 26.9. The summed E-state index contributed by atoms with van der Waals surface area (Å²) in [7, 11) is -3.78. The lowest BCUT2D eigenvalue weighted by Gasteiger charge is -2.30. The second-order valence-corrected chi connectivity index (χ2v) is 8.63. The molecular weight excluding hydrogens is 368 g/mol. The quantitative estimate of drug-likeness (QED) is 0.735. The van der Waals surface area contributed by atoms with Crippen molar-refractivity contribution in [3.05, 3.63) is 29.8 Å². The van der Waals surface area contributed by atoms with Crippen molar-refractivity contribution in [3.63, 3.8) is 0 Å². The first-order valence-corrected chi connectivity index (χ1v) is 10.3. The topological polar surface area (TPSA) is 119 Å². The van der Waals surface area contributed by atoms with Crippen LogP contribution in [0.25, 0.3) is 0 Å². The molecule has 2 rings (SSSR count). The van der Waals surface area contributed by atoms with Gasteiger partial charge in [-0.1, -0.05) is 12.1 Å². The molecule has 0 bridgehead atoms. The molecule has 8 nitrogen and oxygen atoms in total. The molecule has 1 aliphatic rings. The molecule has 27 heavy (non-hydrogen) atoms. The van der Waals surface area contributed by atoms with Gasteiger partial charge < -0.3 is 10.6 Å². The minimum Gasteiger partial charge on any atom is -0.352 e. The van der Waals surface area contributed by atoms with E-state index in [1.54, 1.807) is 12.1 Å². The lowest BCUT2D eigenvalue weighted by Crippen LogP contribution is -2.45. The molecule has 1 heterocycles. The van der Waals surface area contributed by atoms with E-state index in [0.717, 1.165) is 0 Å². The van der Waals surface area contributed by atoms with Gasteiger partial charge in [0.15, 0.2) is 0 Å². The first-order chi connectivity index (χ1) is 12.8. The van der Waals surface area contributed by atoms with Crippen LogP contribution in [0.1, 0.15) is 32.3 Å². The van der Waals surface area contributed by atoms with Crippen molar-refractivity contribution >= 4 is 21.8 Å². The highest BCUT2D eigenvalue weighted by atomic mass is 32.2. The Bertz CT molecular complexity index is 837. The Morgan fingerprint density at radius 2 is 1.89 bits per heavy atom. The summed E-state index contributed by atoms with van der Waals surface area (Å²) in [5.41, 5.74) is 0.105.